The smallest absolute Gasteiger partial charge is 0.134 e. The van der Waals surface area contributed by atoms with Crippen LogP contribution in [0.15, 0.2) is 23.9 Å². The van der Waals surface area contributed by atoms with Gasteiger partial charge in [0, 0.05) is 6.42 Å². The van der Waals surface area contributed by atoms with Crippen molar-refractivity contribution in [1.82, 2.24) is 0 Å². The van der Waals surface area contributed by atoms with Gasteiger partial charge < -0.3 is 14.6 Å². The van der Waals surface area contributed by atoms with Crippen LogP contribution < -0.4 is 0 Å². The van der Waals surface area contributed by atoms with Gasteiger partial charge in [0.05, 0.1) is 7.11 Å². The molecule has 0 aromatic heterocycles. The fourth-order valence-electron chi connectivity index (χ4n) is 0.685. The van der Waals surface area contributed by atoms with Gasteiger partial charge in [-0.2, -0.15) is 0 Å². The van der Waals surface area contributed by atoms with Crippen LogP contribution in [0, 0.1) is 0 Å². The van der Waals surface area contributed by atoms with Crippen LogP contribution in [0.2, 0.25) is 0 Å². The third-order valence-electron chi connectivity index (χ3n) is 1.29. The molecule has 1 rings (SSSR count). The maximum atomic E-state index is 8.59. The SMILES string of the molecule is COC1=COC(CO)=CC1. The molecule has 0 fully saturated rings. The predicted octanol–water partition coefficient (Wildman–Crippen LogP) is 0.771. The molecule has 3 heteroatoms. The van der Waals surface area contributed by atoms with Gasteiger partial charge in [-0.1, -0.05) is 0 Å². The van der Waals surface area contributed by atoms with Crippen LogP contribution in [-0.2, 0) is 9.47 Å². The summed E-state index contributed by atoms with van der Waals surface area (Å²) in [6, 6.07) is 0. The number of rotatable bonds is 2. The standard InChI is InChI=1S/C7H10O3/c1-9-7-3-2-6(4-8)10-5-7/h2,5,8H,3-4H2,1H3. The average molecular weight is 142 g/mol. The molecule has 0 amide bonds. The molecule has 1 N–H and O–H groups in total. The van der Waals surface area contributed by atoms with Crippen molar-refractivity contribution in [3.8, 4) is 0 Å². The second kappa shape index (κ2) is 3.27. The van der Waals surface area contributed by atoms with Crippen molar-refractivity contribution < 1.29 is 14.6 Å². The summed E-state index contributed by atoms with van der Waals surface area (Å²) in [5.41, 5.74) is 0. The summed E-state index contributed by atoms with van der Waals surface area (Å²) in [7, 11) is 1.59. The Balaban J connectivity index is 2.45. The van der Waals surface area contributed by atoms with Crippen molar-refractivity contribution in [2.24, 2.45) is 0 Å². The van der Waals surface area contributed by atoms with Crippen LogP contribution in [0.4, 0.5) is 0 Å². The molecule has 1 aliphatic heterocycles. The molecule has 0 atom stereocenters. The fourth-order valence-corrected chi connectivity index (χ4v) is 0.685. The summed E-state index contributed by atoms with van der Waals surface area (Å²) < 4.78 is 9.85. The van der Waals surface area contributed by atoms with Crippen LogP contribution in [0.1, 0.15) is 6.42 Å². The minimum atomic E-state index is -0.0481. The molecule has 0 radical (unpaired) electrons. The summed E-state index contributed by atoms with van der Waals surface area (Å²) in [6.45, 7) is -0.0481. The molecular formula is C7H10O3. The van der Waals surface area contributed by atoms with Crippen molar-refractivity contribution in [3.05, 3.63) is 23.9 Å². The number of hydrogen-bond acceptors (Lipinski definition) is 3. The fraction of sp³-hybridized carbons (Fsp3) is 0.429. The maximum absolute atomic E-state index is 8.59. The second-order valence-corrected chi connectivity index (χ2v) is 1.94. The van der Waals surface area contributed by atoms with Gasteiger partial charge in [-0.3, -0.25) is 0 Å². The van der Waals surface area contributed by atoms with Gasteiger partial charge >= 0.3 is 0 Å². The van der Waals surface area contributed by atoms with E-state index in [1.54, 1.807) is 13.2 Å². The van der Waals surface area contributed by atoms with Crippen LogP contribution in [0.3, 0.4) is 0 Å². The highest BCUT2D eigenvalue weighted by molar-refractivity contribution is 5.08. The lowest BCUT2D eigenvalue weighted by molar-refractivity contribution is 0.198. The lowest BCUT2D eigenvalue weighted by atomic mass is 10.3. The Morgan fingerprint density at radius 1 is 1.80 bits per heavy atom. The Hall–Kier alpha value is -0.960. The van der Waals surface area contributed by atoms with Crippen LogP contribution in [0.25, 0.3) is 0 Å². The monoisotopic (exact) mass is 142 g/mol. The number of aliphatic hydroxyl groups excluding tert-OH is 1. The highest BCUT2D eigenvalue weighted by Crippen LogP contribution is 2.13. The van der Waals surface area contributed by atoms with Crippen molar-refractivity contribution in [1.29, 1.82) is 0 Å². The van der Waals surface area contributed by atoms with Crippen molar-refractivity contribution in [3.63, 3.8) is 0 Å². The molecule has 1 aliphatic rings. The molecule has 1 heterocycles. The van der Waals surface area contributed by atoms with Crippen LogP contribution >= 0.6 is 0 Å². The number of methoxy groups -OCH3 is 1. The number of aliphatic hydroxyl groups is 1. The maximum Gasteiger partial charge on any atom is 0.134 e. The van der Waals surface area contributed by atoms with Crippen LogP contribution in [0.5, 0.6) is 0 Å². The van der Waals surface area contributed by atoms with Crippen molar-refractivity contribution >= 4 is 0 Å². The highest BCUT2D eigenvalue weighted by Gasteiger charge is 2.04. The molecule has 3 nitrogen and oxygen atoms in total. The first-order valence-corrected chi connectivity index (χ1v) is 3.06. The third kappa shape index (κ3) is 1.51. The Morgan fingerprint density at radius 3 is 3.00 bits per heavy atom. The van der Waals surface area contributed by atoms with E-state index in [0.717, 1.165) is 5.76 Å². The summed E-state index contributed by atoms with van der Waals surface area (Å²) in [5, 5.41) is 8.59. The number of allylic oxidation sites excluding steroid dienone is 1. The van der Waals surface area contributed by atoms with E-state index < -0.39 is 0 Å². The van der Waals surface area contributed by atoms with E-state index in [4.69, 9.17) is 14.6 Å². The zero-order valence-corrected chi connectivity index (χ0v) is 5.83. The summed E-state index contributed by atoms with van der Waals surface area (Å²) >= 11 is 0. The van der Waals surface area contributed by atoms with Crippen molar-refractivity contribution in [2.45, 2.75) is 6.42 Å². The minimum absolute atomic E-state index is 0.0481. The second-order valence-electron chi connectivity index (χ2n) is 1.94. The molecule has 10 heavy (non-hydrogen) atoms. The van der Waals surface area contributed by atoms with E-state index >= 15 is 0 Å². The van der Waals surface area contributed by atoms with E-state index in [-0.39, 0.29) is 6.61 Å². The van der Waals surface area contributed by atoms with Crippen molar-refractivity contribution in [2.75, 3.05) is 13.7 Å². The Morgan fingerprint density at radius 2 is 2.60 bits per heavy atom. The molecule has 0 spiro atoms. The molecule has 0 aliphatic carbocycles. The van der Waals surface area contributed by atoms with E-state index in [1.165, 1.54) is 6.26 Å². The average Bonchev–Trinajstić information content (AvgIpc) is 2.05. The minimum Gasteiger partial charge on any atom is -0.498 e. The Labute approximate surface area is 59.6 Å². The lowest BCUT2D eigenvalue weighted by Crippen LogP contribution is -1.99. The first-order chi connectivity index (χ1) is 4.86. The largest absolute Gasteiger partial charge is 0.498 e. The molecule has 0 bridgehead atoms. The van der Waals surface area contributed by atoms with Gasteiger partial charge in [0.25, 0.3) is 0 Å². The van der Waals surface area contributed by atoms with E-state index in [0.29, 0.717) is 12.2 Å². The molecule has 0 saturated carbocycles. The Kier molecular flexibility index (Phi) is 2.34. The molecule has 0 unspecified atom stereocenters. The highest BCUT2D eigenvalue weighted by atomic mass is 16.5. The predicted molar refractivity (Wildman–Crippen MR) is 36.0 cm³/mol. The van der Waals surface area contributed by atoms with Crippen LogP contribution in [-0.4, -0.2) is 18.8 Å². The molecule has 0 saturated heterocycles. The quantitative estimate of drug-likeness (QED) is 0.619. The zero-order chi connectivity index (χ0) is 7.40. The van der Waals surface area contributed by atoms with Gasteiger partial charge in [-0.25, -0.2) is 0 Å². The van der Waals surface area contributed by atoms with E-state index in [9.17, 15) is 0 Å². The topological polar surface area (TPSA) is 38.7 Å². The third-order valence-corrected chi connectivity index (χ3v) is 1.29. The van der Waals surface area contributed by atoms with Gasteiger partial charge in [-0.15, -0.1) is 0 Å². The van der Waals surface area contributed by atoms with Gasteiger partial charge in [0.1, 0.15) is 24.4 Å². The lowest BCUT2D eigenvalue weighted by Gasteiger charge is -2.11. The molecule has 0 aromatic carbocycles. The normalized spacial score (nSPS) is 17.0. The summed E-state index contributed by atoms with van der Waals surface area (Å²) in [5.74, 6) is 1.36. The summed E-state index contributed by atoms with van der Waals surface area (Å²) in [6.07, 6.45) is 4.00. The van der Waals surface area contributed by atoms with Gasteiger partial charge in [0.2, 0.25) is 0 Å². The first kappa shape index (κ1) is 7.15. The number of hydrogen-bond donors (Lipinski definition) is 1. The van der Waals surface area contributed by atoms with E-state index in [2.05, 4.69) is 0 Å². The first-order valence-electron chi connectivity index (χ1n) is 3.06. The van der Waals surface area contributed by atoms with Gasteiger partial charge in [-0.05, 0) is 6.08 Å². The number of ether oxygens (including phenoxy) is 2. The molecule has 0 aromatic rings. The summed E-state index contributed by atoms with van der Waals surface area (Å²) in [4.78, 5) is 0. The van der Waals surface area contributed by atoms with Gasteiger partial charge in [0.15, 0.2) is 0 Å². The molecular weight excluding hydrogens is 132 g/mol. The molecule has 56 valence electrons. The van der Waals surface area contributed by atoms with E-state index in [1.807, 2.05) is 0 Å². The zero-order valence-electron chi connectivity index (χ0n) is 5.83. The Bertz CT molecular complexity index is 150.